The van der Waals surface area contributed by atoms with Gasteiger partial charge in [-0.1, -0.05) is 216 Å². The first-order valence-electron chi connectivity index (χ1n) is 24.5. The summed E-state index contributed by atoms with van der Waals surface area (Å²) in [6.45, 7) is 36.6. The number of hydrogen-bond donors (Lipinski definition) is 1. The topological polar surface area (TPSA) is 66.4 Å². The number of ether oxygens (including phenoxy) is 5. The quantitative estimate of drug-likeness (QED) is 0.133. The Hall–Kier alpha value is -3.62. The summed E-state index contributed by atoms with van der Waals surface area (Å²) in [5, 5.41) is 13.4. The normalized spacial score (nSPS) is 9.08. The van der Waals surface area contributed by atoms with Crippen molar-refractivity contribution in [2.75, 3.05) is 68.6 Å². The largest absolute Gasteiger partial charge is 0.396 e. The van der Waals surface area contributed by atoms with Gasteiger partial charge in [-0.2, -0.15) is 0 Å². The monoisotopic (exact) mass is 911 g/mol. The smallest absolute Gasteiger partial charge is 0.0540 e. The van der Waals surface area contributed by atoms with E-state index in [1.807, 2.05) is 59.7 Å². The predicted molar refractivity (Wildman–Crippen MR) is 295 cm³/mol. The molecule has 0 aliphatic carbocycles. The van der Waals surface area contributed by atoms with Crippen LogP contribution >= 0.6 is 0 Å². The summed E-state index contributed by atoms with van der Waals surface area (Å²) < 4.78 is 23.6. The molecule has 0 saturated heterocycles. The molecular weight excluding hydrogens is 805 g/mol. The van der Waals surface area contributed by atoms with E-state index in [2.05, 4.69) is 171 Å². The Morgan fingerprint density at radius 3 is 1.15 bits per heavy atom. The van der Waals surface area contributed by atoms with Crippen LogP contribution in [0.5, 0.6) is 0 Å². The molecule has 0 spiro atoms. The van der Waals surface area contributed by atoms with Gasteiger partial charge in [-0.15, -0.1) is 0 Å². The number of aliphatic hydroxyl groups excluding tert-OH is 1. The minimum Gasteiger partial charge on any atom is -0.396 e. The van der Waals surface area contributed by atoms with Crippen molar-refractivity contribution in [2.24, 2.45) is 0 Å². The van der Waals surface area contributed by atoms with Crippen LogP contribution in [0.15, 0.2) is 115 Å². The zero-order chi connectivity index (χ0) is 51.4. The number of fused-ring (bicyclic) bond motifs is 2. The molecule has 0 radical (unpaired) electrons. The molecule has 1 N–H and O–H groups in total. The molecule has 0 fully saturated rings. The van der Waals surface area contributed by atoms with Crippen molar-refractivity contribution >= 4 is 21.5 Å². The van der Waals surface area contributed by atoms with Crippen LogP contribution < -0.4 is 0 Å². The molecule has 5 aromatic carbocycles. The van der Waals surface area contributed by atoms with E-state index in [-0.39, 0.29) is 6.61 Å². The Balaban J connectivity index is -0.000000118. The van der Waals surface area contributed by atoms with E-state index < -0.39 is 0 Å². The van der Waals surface area contributed by atoms with E-state index in [4.69, 9.17) is 24.1 Å². The second-order valence-corrected chi connectivity index (χ2v) is 13.5. The van der Waals surface area contributed by atoms with Gasteiger partial charge in [0.05, 0.1) is 6.10 Å². The zero-order valence-electron chi connectivity index (χ0n) is 46.3. The maximum Gasteiger partial charge on any atom is 0.0540 e. The van der Waals surface area contributed by atoms with Crippen LogP contribution in [-0.2, 0) is 23.7 Å². The van der Waals surface area contributed by atoms with Crippen LogP contribution in [0.4, 0.5) is 0 Å². The summed E-state index contributed by atoms with van der Waals surface area (Å²) in [6, 6.07) is 40.0. The van der Waals surface area contributed by atoms with Crippen molar-refractivity contribution in [1.82, 2.24) is 0 Å². The van der Waals surface area contributed by atoms with Gasteiger partial charge in [0.25, 0.3) is 0 Å². The molecule has 0 aliphatic rings. The van der Waals surface area contributed by atoms with Crippen LogP contribution in [0.3, 0.4) is 0 Å². The lowest BCUT2D eigenvalue weighted by molar-refractivity contribution is 0.115. The second kappa shape index (κ2) is 69.4. The van der Waals surface area contributed by atoms with Crippen LogP contribution in [0.25, 0.3) is 21.5 Å². The minimum absolute atomic E-state index is 0.230. The number of methoxy groups -OCH3 is 5. The molecule has 5 rings (SSSR count). The van der Waals surface area contributed by atoms with E-state index in [1.165, 1.54) is 44.7 Å². The first-order chi connectivity index (χ1) is 31.5. The number of benzene rings is 5. The summed E-state index contributed by atoms with van der Waals surface area (Å²) in [4.78, 5) is 0. The Morgan fingerprint density at radius 2 is 0.846 bits per heavy atom. The average Bonchev–Trinajstić information content (AvgIpc) is 3.35. The third kappa shape index (κ3) is 60.4. The van der Waals surface area contributed by atoms with Gasteiger partial charge in [0.15, 0.2) is 0 Å². The van der Waals surface area contributed by atoms with E-state index in [0.29, 0.717) is 12.7 Å². The maximum absolute atomic E-state index is 8.12. The molecule has 0 aliphatic heterocycles. The zero-order valence-corrected chi connectivity index (χ0v) is 46.3. The molecule has 6 heteroatoms. The van der Waals surface area contributed by atoms with Crippen LogP contribution in [0, 0.1) is 20.8 Å². The first kappa shape index (κ1) is 75.7. The summed E-state index contributed by atoms with van der Waals surface area (Å²) in [7, 11) is 8.49. The highest BCUT2D eigenvalue weighted by atomic mass is 16.5. The molecule has 1 atom stereocenters. The standard InChI is InChI=1S/2C11H10.C7H8.C5H12O.C4H10O2.3C4H10O.C3H8.3C2H6/c1-9-5-4-7-10-6-2-3-8-11(9)10;1-9-6-7-10-4-2-3-5-11(10)8-9;1-7-5-3-2-4-6-7;1-4-5(2)6-3;1-6-4-2-3-5;3*1-3-4-5-2;1-3-2;3*1-2/h2*2-8H,1H3;2-6H,1H3;5H,4H2,1-3H3;5H,2-4H2,1H3;3*3-4H2,1-2H3;3H2,1-2H3;3*1-2H3. The summed E-state index contributed by atoms with van der Waals surface area (Å²) in [6.07, 6.45) is 6.90. The number of aryl methyl sites for hydroxylation is 3. The van der Waals surface area contributed by atoms with Crippen molar-refractivity contribution in [3.05, 3.63) is 132 Å². The lowest BCUT2D eigenvalue weighted by Crippen LogP contribution is -2.00. The third-order valence-electron chi connectivity index (χ3n) is 7.56. The fourth-order valence-electron chi connectivity index (χ4n) is 4.22. The Kier molecular flexibility index (Phi) is 80.8. The van der Waals surface area contributed by atoms with Gasteiger partial charge in [-0.05, 0) is 86.9 Å². The van der Waals surface area contributed by atoms with Gasteiger partial charge in [-0.25, -0.2) is 0 Å². The Morgan fingerprint density at radius 1 is 0.446 bits per heavy atom. The first-order valence-corrected chi connectivity index (χ1v) is 24.5. The van der Waals surface area contributed by atoms with Gasteiger partial charge in [0.2, 0.25) is 0 Å². The maximum atomic E-state index is 8.12. The highest BCUT2D eigenvalue weighted by Gasteiger charge is 1.92. The van der Waals surface area contributed by atoms with Gasteiger partial charge < -0.3 is 28.8 Å². The lowest BCUT2D eigenvalue weighted by Gasteiger charge is -2.01. The second-order valence-electron chi connectivity index (χ2n) is 13.5. The van der Waals surface area contributed by atoms with E-state index in [9.17, 15) is 0 Å². The molecule has 0 amide bonds. The minimum atomic E-state index is 0.230. The van der Waals surface area contributed by atoms with Crippen molar-refractivity contribution < 1.29 is 28.8 Å². The number of rotatable bonds is 11. The summed E-state index contributed by atoms with van der Waals surface area (Å²) in [5.74, 6) is 0. The molecule has 65 heavy (non-hydrogen) atoms. The van der Waals surface area contributed by atoms with E-state index in [0.717, 1.165) is 51.9 Å². The molecule has 0 bridgehead atoms. The molecule has 0 aromatic heterocycles. The number of aliphatic hydroxyl groups is 1. The summed E-state index contributed by atoms with van der Waals surface area (Å²) in [5.41, 5.74) is 3.99. The van der Waals surface area contributed by atoms with E-state index in [1.54, 1.807) is 35.5 Å². The molecule has 378 valence electrons. The van der Waals surface area contributed by atoms with Gasteiger partial charge in [0, 0.05) is 68.6 Å². The van der Waals surface area contributed by atoms with Gasteiger partial charge in [-0.3, -0.25) is 0 Å². The van der Waals surface area contributed by atoms with E-state index >= 15 is 0 Å². The average molecular weight is 911 g/mol. The summed E-state index contributed by atoms with van der Waals surface area (Å²) >= 11 is 0. The third-order valence-corrected chi connectivity index (χ3v) is 7.56. The van der Waals surface area contributed by atoms with Crippen LogP contribution in [0.1, 0.15) is 145 Å². The predicted octanol–water partition coefficient (Wildman–Crippen LogP) is 17.4. The highest BCUT2D eigenvalue weighted by Crippen LogP contribution is 2.17. The molecule has 1 unspecified atom stereocenters. The molecule has 5 aromatic rings. The van der Waals surface area contributed by atoms with Crippen molar-refractivity contribution in [3.8, 4) is 0 Å². The Bertz CT molecular complexity index is 1470. The number of hydrogen-bond acceptors (Lipinski definition) is 6. The highest BCUT2D eigenvalue weighted by molar-refractivity contribution is 5.85. The van der Waals surface area contributed by atoms with Crippen LogP contribution in [0.2, 0.25) is 0 Å². The van der Waals surface area contributed by atoms with Gasteiger partial charge >= 0.3 is 0 Å². The van der Waals surface area contributed by atoms with Crippen molar-refractivity contribution in [3.63, 3.8) is 0 Å². The lowest BCUT2D eigenvalue weighted by atomic mass is 10.1. The fraction of sp³-hybridized carbons (Fsp3) is 0.559. The van der Waals surface area contributed by atoms with Crippen molar-refractivity contribution in [1.29, 1.82) is 0 Å². The van der Waals surface area contributed by atoms with Crippen molar-refractivity contribution in [2.45, 2.75) is 155 Å². The Labute approximate surface area is 404 Å². The molecular formula is C59H106O6. The molecule has 0 saturated carbocycles. The van der Waals surface area contributed by atoms with Gasteiger partial charge in [0.1, 0.15) is 0 Å². The molecule has 0 heterocycles. The fourth-order valence-corrected chi connectivity index (χ4v) is 4.22. The SMILES string of the molecule is CC.CC.CC.CCC.CCC(C)OC.CCCOC.CCCOC.CCCOC.COCCCO.Cc1ccc2ccccc2c1.Cc1cccc2ccccc12.Cc1ccccc1. The van der Waals surface area contributed by atoms with Crippen LogP contribution in [-0.4, -0.2) is 79.8 Å². The molecule has 6 nitrogen and oxygen atoms in total.